The Bertz CT molecular complexity index is 1210. The number of carbonyl (C=O) groups is 1. The van der Waals surface area contributed by atoms with E-state index in [1.165, 1.54) is 18.3 Å². The lowest BCUT2D eigenvalue weighted by atomic mass is 10.2. The first kappa shape index (κ1) is 22.3. The molecule has 32 heavy (non-hydrogen) atoms. The van der Waals surface area contributed by atoms with Gasteiger partial charge >= 0.3 is 5.69 Å². The van der Waals surface area contributed by atoms with Crippen LogP contribution in [0.1, 0.15) is 11.1 Å². The summed E-state index contributed by atoms with van der Waals surface area (Å²) in [6, 6.07) is 19.1. The predicted molar refractivity (Wildman–Crippen MR) is 117 cm³/mol. The summed E-state index contributed by atoms with van der Waals surface area (Å²) in [4.78, 5) is 22.7. The normalized spacial score (nSPS) is 10.4. The van der Waals surface area contributed by atoms with E-state index in [1.54, 1.807) is 54.6 Å². The summed E-state index contributed by atoms with van der Waals surface area (Å²) < 4.78 is 10.9. The number of carbonyl (C=O) groups excluding carboxylic acids is 1. The monoisotopic (exact) mass is 450 g/mol. The maximum Gasteiger partial charge on any atom is 0.312 e. The Morgan fingerprint density at radius 1 is 1.16 bits per heavy atom. The van der Waals surface area contributed by atoms with Crippen molar-refractivity contribution in [2.45, 2.75) is 0 Å². The minimum atomic E-state index is -0.590. The van der Waals surface area contributed by atoms with E-state index in [1.807, 2.05) is 6.07 Å². The molecule has 1 amide bonds. The molecule has 0 saturated carbocycles. The molecule has 0 bridgehead atoms. The number of amides is 1. The molecule has 3 aromatic carbocycles. The lowest BCUT2D eigenvalue weighted by molar-refractivity contribution is -0.385. The van der Waals surface area contributed by atoms with Gasteiger partial charge in [-0.2, -0.15) is 10.4 Å². The second kappa shape index (κ2) is 10.6. The van der Waals surface area contributed by atoms with Crippen LogP contribution < -0.4 is 14.9 Å². The van der Waals surface area contributed by atoms with Crippen LogP contribution >= 0.6 is 11.6 Å². The van der Waals surface area contributed by atoms with E-state index < -0.39 is 10.8 Å². The summed E-state index contributed by atoms with van der Waals surface area (Å²) in [5.41, 5.74) is 2.83. The van der Waals surface area contributed by atoms with E-state index in [-0.39, 0.29) is 23.8 Å². The summed E-state index contributed by atoms with van der Waals surface area (Å²) in [5, 5.41) is 24.3. The molecule has 0 aliphatic rings. The highest BCUT2D eigenvalue weighted by Crippen LogP contribution is 2.35. The van der Waals surface area contributed by atoms with Crippen molar-refractivity contribution in [1.82, 2.24) is 5.43 Å². The number of nitriles is 1. The van der Waals surface area contributed by atoms with Crippen molar-refractivity contribution in [1.29, 1.82) is 5.26 Å². The van der Waals surface area contributed by atoms with Crippen LogP contribution in [0.3, 0.4) is 0 Å². The first-order chi connectivity index (χ1) is 15.5. The molecule has 10 heteroatoms. The summed E-state index contributed by atoms with van der Waals surface area (Å²) in [6.45, 7) is -0.298. The predicted octanol–water partition coefficient (Wildman–Crippen LogP) is 4.44. The fourth-order valence-electron chi connectivity index (χ4n) is 2.48. The van der Waals surface area contributed by atoms with Crippen molar-refractivity contribution < 1.29 is 19.2 Å². The molecule has 1 N–H and O–H groups in total. The van der Waals surface area contributed by atoms with Gasteiger partial charge in [-0.15, -0.1) is 0 Å². The van der Waals surface area contributed by atoms with Gasteiger partial charge in [0.05, 0.1) is 27.8 Å². The molecule has 160 valence electrons. The molecule has 3 rings (SSSR count). The highest BCUT2D eigenvalue weighted by Gasteiger charge is 2.17. The molecule has 0 spiro atoms. The van der Waals surface area contributed by atoms with Crippen molar-refractivity contribution in [2.75, 3.05) is 6.61 Å². The van der Waals surface area contributed by atoms with Crippen molar-refractivity contribution in [3.05, 3.63) is 93.0 Å². The Labute approximate surface area is 187 Å². The fraction of sp³-hybridized carbons (Fsp3) is 0.0455. The Kier molecular flexibility index (Phi) is 7.35. The van der Waals surface area contributed by atoms with Crippen molar-refractivity contribution in [2.24, 2.45) is 5.10 Å². The van der Waals surface area contributed by atoms with E-state index >= 15 is 0 Å². The molecular weight excluding hydrogens is 436 g/mol. The van der Waals surface area contributed by atoms with Crippen LogP contribution in [-0.2, 0) is 4.79 Å². The molecule has 9 nitrogen and oxygen atoms in total. The number of halogens is 1. The maximum absolute atomic E-state index is 11.9. The average molecular weight is 451 g/mol. The van der Waals surface area contributed by atoms with Gasteiger partial charge in [0.1, 0.15) is 11.5 Å². The Morgan fingerprint density at radius 2 is 1.91 bits per heavy atom. The Hall–Kier alpha value is -4.42. The molecule has 0 unspecified atom stereocenters. The topological polar surface area (TPSA) is 127 Å². The number of hydrogen-bond acceptors (Lipinski definition) is 7. The Balaban J connectivity index is 1.60. The van der Waals surface area contributed by atoms with Gasteiger partial charge in [0.25, 0.3) is 5.91 Å². The van der Waals surface area contributed by atoms with Gasteiger partial charge in [0.2, 0.25) is 5.75 Å². The first-order valence-electron chi connectivity index (χ1n) is 9.12. The number of nitrogens with one attached hydrogen (secondary N) is 1. The van der Waals surface area contributed by atoms with Crippen molar-refractivity contribution in [3.63, 3.8) is 0 Å². The molecule has 3 aromatic rings. The van der Waals surface area contributed by atoms with E-state index in [4.69, 9.17) is 26.3 Å². The largest absolute Gasteiger partial charge is 0.484 e. The number of rotatable bonds is 8. The van der Waals surface area contributed by atoms with Crippen LogP contribution in [0.2, 0.25) is 5.02 Å². The summed E-state index contributed by atoms with van der Waals surface area (Å²) in [5.74, 6) is 0.194. The van der Waals surface area contributed by atoms with Gasteiger partial charge in [-0.3, -0.25) is 14.9 Å². The van der Waals surface area contributed by atoms with E-state index in [0.717, 1.165) is 0 Å². The molecule has 0 fully saturated rings. The molecule has 0 aliphatic carbocycles. The number of nitrogens with zero attached hydrogens (tertiary/aromatic N) is 3. The van der Waals surface area contributed by atoms with Crippen LogP contribution in [-0.4, -0.2) is 23.7 Å². The number of hydrazone groups is 1. The lowest BCUT2D eigenvalue weighted by Crippen LogP contribution is -2.24. The third kappa shape index (κ3) is 6.04. The minimum Gasteiger partial charge on any atom is -0.484 e. The van der Waals surface area contributed by atoms with Gasteiger partial charge in [0.15, 0.2) is 6.61 Å². The zero-order chi connectivity index (χ0) is 22.9. The maximum atomic E-state index is 11.9. The lowest BCUT2D eigenvalue weighted by Gasteiger charge is -2.08. The number of benzene rings is 3. The smallest absolute Gasteiger partial charge is 0.312 e. The number of para-hydroxylation sites is 1. The zero-order valence-corrected chi connectivity index (χ0v) is 17.2. The first-order valence-corrected chi connectivity index (χ1v) is 9.50. The van der Waals surface area contributed by atoms with Crippen molar-refractivity contribution in [3.8, 4) is 23.3 Å². The summed E-state index contributed by atoms with van der Waals surface area (Å²) in [6.07, 6.45) is 1.26. The Morgan fingerprint density at radius 3 is 2.59 bits per heavy atom. The van der Waals surface area contributed by atoms with E-state index in [0.29, 0.717) is 21.9 Å². The van der Waals surface area contributed by atoms with E-state index in [9.17, 15) is 14.9 Å². The highest BCUT2D eigenvalue weighted by molar-refractivity contribution is 6.32. The molecule has 0 saturated heterocycles. The van der Waals surface area contributed by atoms with Crippen LogP contribution in [0.5, 0.6) is 17.2 Å². The summed E-state index contributed by atoms with van der Waals surface area (Å²) >= 11 is 6.03. The van der Waals surface area contributed by atoms with Gasteiger partial charge in [0, 0.05) is 11.6 Å². The van der Waals surface area contributed by atoms with Crippen LogP contribution in [0.25, 0.3) is 0 Å². The van der Waals surface area contributed by atoms with Gasteiger partial charge in [-0.05, 0) is 48.5 Å². The zero-order valence-electron chi connectivity index (χ0n) is 16.4. The van der Waals surface area contributed by atoms with Crippen LogP contribution in [0.4, 0.5) is 5.69 Å². The fourth-order valence-corrected chi connectivity index (χ4v) is 2.65. The molecular formula is C22H15ClN4O5. The standard InChI is InChI=1S/C22H15ClN4O5/c23-18-3-1-2-4-20(18)32-21-10-7-16(11-19(21)27(29)30)13-25-26-22(28)14-31-17-8-5-15(12-24)6-9-17/h1-11,13H,14H2,(H,26,28)/b25-13+. The molecule has 0 heterocycles. The van der Waals surface area contributed by atoms with Crippen LogP contribution in [0, 0.1) is 21.4 Å². The number of hydrogen-bond donors (Lipinski definition) is 1. The average Bonchev–Trinajstić information content (AvgIpc) is 2.80. The van der Waals surface area contributed by atoms with E-state index in [2.05, 4.69) is 10.5 Å². The van der Waals surface area contributed by atoms with Gasteiger partial charge in [-0.25, -0.2) is 5.43 Å². The quantitative estimate of drug-likeness (QED) is 0.307. The molecule has 0 radical (unpaired) electrons. The number of nitro benzene ring substituents is 1. The summed E-state index contributed by atoms with van der Waals surface area (Å²) in [7, 11) is 0. The minimum absolute atomic E-state index is 0.0140. The highest BCUT2D eigenvalue weighted by atomic mass is 35.5. The number of nitro groups is 1. The molecule has 0 aromatic heterocycles. The molecule has 0 atom stereocenters. The van der Waals surface area contributed by atoms with Gasteiger partial charge < -0.3 is 9.47 Å². The molecule has 0 aliphatic heterocycles. The third-order valence-corrected chi connectivity index (χ3v) is 4.30. The van der Waals surface area contributed by atoms with Crippen LogP contribution in [0.15, 0.2) is 71.8 Å². The second-order valence-corrected chi connectivity index (χ2v) is 6.64. The third-order valence-electron chi connectivity index (χ3n) is 3.99. The SMILES string of the molecule is N#Cc1ccc(OCC(=O)N/N=C/c2ccc(Oc3ccccc3Cl)c([N+](=O)[O-])c2)cc1. The van der Waals surface area contributed by atoms with Gasteiger partial charge in [-0.1, -0.05) is 23.7 Å². The second-order valence-electron chi connectivity index (χ2n) is 6.23. The number of ether oxygens (including phenoxy) is 2. The van der Waals surface area contributed by atoms with Crippen molar-refractivity contribution >= 4 is 29.4 Å².